The first-order chi connectivity index (χ1) is 20.7. The zero-order chi connectivity index (χ0) is 30.7. The maximum atomic E-state index is 13.9. The largest absolute Gasteiger partial charge is 0.493 e. The number of nitrogens with one attached hydrogen (secondary N) is 1. The fourth-order valence-corrected chi connectivity index (χ4v) is 9.26. The third-order valence-electron chi connectivity index (χ3n) is 9.85. The smallest absolute Gasteiger partial charge is 0.247 e. The second-order valence-corrected chi connectivity index (χ2v) is 14.1. The van der Waals surface area contributed by atoms with E-state index in [4.69, 9.17) is 14.2 Å². The van der Waals surface area contributed by atoms with E-state index in [0.29, 0.717) is 50.5 Å². The minimum atomic E-state index is -1.12. The van der Waals surface area contributed by atoms with E-state index in [1.807, 2.05) is 4.90 Å². The lowest BCUT2D eigenvalue weighted by Gasteiger charge is -2.58. The Bertz CT molecular complexity index is 1170. The first-order valence-corrected chi connectivity index (χ1v) is 16.5. The molecule has 0 spiro atoms. The Morgan fingerprint density at radius 1 is 1.09 bits per heavy atom. The van der Waals surface area contributed by atoms with Gasteiger partial charge in [-0.3, -0.25) is 9.59 Å². The van der Waals surface area contributed by atoms with Gasteiger partial charge in [-0.05, 0) is 108 Å². The molecular formula is C32H45IN2O8. The van der Waals surface area contributed by atoms with E-state index in [1.54, 1.807) is 25.3 Å². The SMILES string of the molecule is COCCC(=O)N(CC12CC3CC(CC(C3)C1)C2)[C@@H]1CC(C(=O)NCCO)=C[C@H](Oc2c(I)cc(CO)cc2OC)[C@H]1O. The van der Waals surface area contributed by atoms with Crippen LogP contribution in [0.5, 0.6) is 11.5 Å². The Morgan fingerprint density at radius 2 is 1.77 bits per heavy atom. The minimum Gasteiger partial charge on any atom is -0.493 e. The van der Waals surface area contributed by atoms with Crippen LogP contribution in [0.1, 0.15) is 56.9 Å². The summed E-state index contributed by atoms with van der Waals surface area (Å²) in [4.78, 5) is 29.0. The lowest BCUT2D eigenvalue weighted by atomic mass is 9.49. The first-order valence-electron chi connectivity index (χ1n) is 15.4. The van der Waals surface area contributed by atoms with E-state index in [1.165, 1.54) is 26.4 Å². The minimum absolute atomic E-state index is 0.0206. The molecule has 238 valence electrons. The van der Waals surface area contributed by atoms with Crippen molar-refractivity contribution < 1.29 is 39.1 Å². The number of rotatable bonds is 13. The molecule has 6 rings (SSSR count). The molecule has 0 aromatic heterocycles. The Labute approximate surface area is 267 Å². The highest BCUT2D eigenvalue weighted by Gasteiger charge is 2.53. The van der Waals surface area contributed by atoms with Crippen LogP contribution in [0, 0.1) is 26.7 Å². The van der Waals surface area contributed by atoms with Crippen LogP contribution in [0.3, 0.4) is 0 Å². The molecule has 11 heteroatoms. The van der Waals surface area contributed by atoms with Crippen molar-refractivity contribution in [3.05, 3.63) is 32.9 Å². The highest BCUT2D eigenvalue weighted by molar-refractivity contribution is 14.1. The van der Waals surface area contributed by atoms with Crippen molar-refractivity contribution in [1.29, 1.82) is 0 Å². The summed E-state index contributed by atoms with van der Waals surface area (Å²) in [5.74, 6) is 2.41. The molecule has 0 saturated heterocycles. The first kappa shape index (κ1) is 32.5. The average Bonchev–Trinajstić information content (AvgIpc) is 2.98. The molecule has 3 atom stereocenters. The molecule has 0 aliphatic heterocycles. The molecule has 0 unspecified atom stereocenters. The third-order valence-corrected chi connectivity index (χ3v) is 10.7. The van der Waals surface area contributed by atoms with Crippen molar-refractivity contribution in [2.24, 2.45) is 23.2 Å². The molecule has 10 nitrogen and oxygen atoms in total. The van der Waals surface area contributed by atoms with Gasteiger partial charge in [0, 0.05) is 32.2 Å². The highest BCUT2D eigenvalue weighted by atomic mass is 127. The highest BCUT2D eigenvalue weighted by Crippen LogP contribution is 2.60. The number of hydrogen-bond donors (Lipinski definition) is 4. The zero-order valence-electron chi connectivity index (χ0n) is 25.1. The molecule has 2 amide bonds. The Hall–Kier alpha value is -1.93. The van der Waals surface area contributed by atoms with Crippen molar-refractivity contribution in [3.63, 3.8) is 0 Å². The van der Waals surface area contributed by atoms with Gasteiger partial charge in [-0.2, -0.15) is 0 Å². The standard InChI is InChI=1S/C32H45IN2O8/c1-41-6-3-28(38)35(18-32-14-19-7-20(15-32)9-21(8-19)16-32)25-12-23(31(40)34-4-5-36)13-26(29(25)39)43-30-24(33)10-22(17-37)11-27(30)42-2/h10-11,13,19-21,25-26,29,36-37,39H,3-9,12,14-18H2,1-2H3,(H,34,40)/t19?,20?,21?,25-,26+,29+,32?/m1/s1. The van der Waals surface area contributed by atoms with Crippen LogP contribution in [0.25, 0.3) is 0 Å². The number of amides is 2. The van der Waals surface area contributed by atoms with E-state index in [0.717, 1.165) is 19.3 Å². The molecule has 1 aromatic rings. The maximum absolute atomic E-state index is 13.9. The molecule has 4 N–H and O–H groups in total. The van der Waals surface area contributed by atoms with E-state index in [-0.39, 0.29) is 56.4 Å². The number of nitrogens with zero attached hydrogens (tertiary/aromatic N) is 1. The number of aliphatic hydroxyl groups excluding tert-OH is 3. The van der Waals surface area contributed by atoms with Crippen LogP contribution < -0.4 is 14.8 Å². The van der Waals surface area contributed by atoms with Gasteiger partial charge in [0.05, 0.1) is 43.0 Å². The quantitative estimate of drug-likeness (QED) is 0.230. The number of carbonyl (C=O) groups is 2. The van der Waals surface area contributed by atoms with Gasteiger partial charge in [0.2, 0.25) is 11.8 Å². The van der Waals surface area contributed by atoms with Crippen LogP contribution in [-0.2, 0) is 20.9 Å². The van der Waals surface area contributed by atoms with Crippen LogP contribution in [0.2, 0.25) is 0 Å². The second kappa shape index (κ2) is 14.0. The summed E-state index contributed by atoms with van der Waals surface area (Å²) in [6.07, 6.45) is 7.05. The summed E-state index contributed by atoms with van der Waals surface area (Å²) in [6, 6.07) is 2.76. The van der Waals surface area contributed by atoms with E-state index < -0.39 is 18.2 Å². The summed E-state index contributed by atoms with van der Waals surface area (Å²) in [6.45, 7) is 0.535. The number of benzene rings is 1. The Balaban J connectivity index is 1.49. The van der Waals surface area contributed by atoms with Gasteiger partial charge >= 0.3 is 0 Å². The topological polar surface area (TPSA) is 138 Å². The Kier molecular flexibility index (Phi) is 10.6. The Morgan fingerprint density at radius 3 is 2.35 bits per heavy atom. The molecule has 43 heavy (non-hydrogen) atoms. The van der Waals surface area contributed by atoms with Gasteiger partial charge in [0.15, 0.2) is 11.5 Å². The normalized spacial score (nSPS) is 31.0. The maximum Gasteiger partial charge on any atom is 0.247 e. The van der Waals surface area contributed by atoms with Crippen molar-refractivity contribution in [2.45, 2.75) is 76.2 Å². The molecular weight excluding hydrogens is 667 g/mol. The lowest BCUT2D eigenvalue weighted by molar-refractivity contribution is -0.147. The molecule has 4 saturated carbocycles. The molecule has 0 radical (unpaired) electrons. The summed E-state index contributed by atoms with van der Waals surface area (Å²) in [7, 11) is 3.07. The summed E-state index contributed by atoms with van der Waals surface area (Å²) >= 11 is 2.10. The van der Waals surface area contributed by atoms with Gasteiger partial charge in [-0.25, -0.2) is 0 Å². The summed E-state index contributed by atoms with van der Waals surface area (Å²) in [5, 5.41) is 33.6. The zero-order valence-corrected chi connectivity index (χ0v) is 27.3. The van der Waals surface area contributed by atoms with Gasteiger partial charge in [0.25, 0.3) is 0 Å². The third kappa shape index (κ3) is 7.16. The predicted molar refractivity (Wildman–Crippen MR) is 167 cm³/mol. The molecule has 1 aromatic carbocycles. The number of hydrogen-bond acceptors (Lipinski definition) is 8. The van der Waals surface area contributed by atoms with Crippen LogP contribution in [0.4, 0.5) is 0 Å². The fourth-order valence-electron chi connectivity index (χ4n) is 8.46. The fraction of sp³-hybridized carbons (Fsp3) is 0.688. The monoisotopic (exact) mass is 712 g/mol. The number of aliphatic hydroxyl groups is 3. The number of carbonyl (C=O) groups excluding carboxylic acids is 2. The van der Waals surface area contributed by atoms with Crippen molar-refractivity contribution >= 4 is 34.4 Å². The number of methoxy groups -OCH3 is 2. The van der Waals surface area contributed by atoms with E-state index in [9.17, 15) is 24.9 Å². The van der Waals surface area contributed by atoms with E-state index in [2.05, 4.69) is 27.9 Å². The van der Waals surface area contributed by atoms with Crippen molar-refractivity contribution in [2.75, 3.05) is 40.5 Å². The molecule has 0 heterocycles. The van der Waals surface area contributed by atoms with Crippen LogP contribution in [-0.4, -0.2) is 90.8 Å². The second-order valence-electron chi connectivity index (χ2n) is 13.0. The molecule has 4 fully saturated rings. The summed E-state index contributed by atoms with van der Waals surface area (Å²) < 4.78 is 17.9. The van der Waals surface area contributed by atoms with Crippen molar-refractivity contribution in [1.82, 2.24) is 10.2 Å². The number of ether oxygens (including phenoxy) is 3. The molecule has 5 aliphatic rings. The van der Waals surface area contributed by atoms with Gasteiger partial charge < -0.3 is 39.7 Å². The molecule has 5 aliphatic carbocycles. The molecule has 4 bridgehead atoms. The van der Waals surface area contributed by atoms with Crippen molar-refractivity contribution in [3.8, 4) is 11.5 Å². The van der Waals surface area contributed by atoms with Crippen LogP contribution in [0.15, 0.2) is 23.8 Å². The van der Waals surface area contributed by atoms with Gasteiger partial charge in [-0.15, -0.1) is 0 Å². The van der Waals surface area contributed by atoms with Gasteiger partial charge in [-0.1, -0.05) is 0 Å². The van der Waals surface area contributed by atoms with Gasteiger partial charge in [0.1, 0.15) is 12.2 Å². The lowest BCUT2D eigenvalue weighted by Crippen LogP contribution is -2.59. The average molecular weight is 713 g/mol. The summed E-state index contributed by atoms with van der Waals surface area (Å²) in [5.41, 5.74) is 1.07. The van der Waals surface area contributed by atoms with Crippen LogP contribution >= 0.6 is 22.6 Å². The number of halogens is 1. The van der Waals surface area contributed by atoms with E-state index >= 15 is 0 Å². The predicted octanol–water partition coefficient (Wildman–Crippen LogP) is 2.79.